The quantitative estimate of drug-likeness (QED) is 0.379. The molecular weight excluding hydrogens is 188 g/mol. The number of esters is 1. The van der Waals surface area contributed by atoms with Crippen LogP contribution in [0.15, 0.2) is 36.0 Å². The van der Waals surface area contributed by atoms with Gasteiger partial charge in [-0.05, 0) is 25.7 Å². The zero-order chi connectivity index (χ0) is 10.9. The van der Waals surface area contributed by atoms with E-state index in [4.69, 9.17) is 0 Å². The SMILES string of the molecule is COC(=O)CCC/C=C\CC1=CC=CC1. The molecule has 0 amide bonds. The van der Waals surface area contributed by atoms with Gasteiger partial charge in [0.1, 0.15) is 0 Å². The van der Waals surface area contributed by atoms with Crippen molar-refractivity contribution >= 4 is 5.97 Å². The molecule has 0 spiro atoms. The smallest absolute Gasteiger partial charge is 0.305 e. The normalized spacial score (nSPS) is 14.6. The summed E-state index contributed by atoms with van der Waals surface area (Å²) in [6.45, 7) is 0. The van der Waals surface area contributed by atoms with Crippen LogP contribution in [-0.2, 0) is 9.53 Å². The second-order valence-electron chi connectivity index (χ2n) is 3.60. The molecule has 2 heteroatoms. The van der Waals surface area contributed by atoms with Gasteiger partial charge in [0.15, 0.2) is 0 Å². The first kappa shape index (κ1) is 11.8. The number of unbranched alkanes of at least 4 members (excludes halogenated alkanes) is 1. The van der Waals surface area contributed by atoms with Crippen molar-refractivity contribution in [3.05, 3.63) is 36.0 Å². The van der Waals surface area contributed by atoms with E-state index in [0.717, 1.165) is 25.7 Å². The number of methoxy groups -OCH3 is 1. The van der Waals surface area contributed by atoms with E-state index in [-0.39, 0.29) is 5.97 Å². The Balaban J connectivity index is 2.00. The maximum absolute atomic E-state index is 10.8. The van der Waals surface area contributed by atoms with Crippen LogP contribution in [0.2, 0.25) is 0 Å². The summed E-state index contributed by atoms with van der Waals surface area (Å²) in [6.07, 6.45) is 15.2. The van der Waals surface area contributed by atoms with Gasteiger partial charge in [0.05, 0.1) is 7.11 Å². The molecule has 0 saturated heterocycles. The van der Waals surface area contributed by atoms with Crippen molar-refractivity contribution in [3.63, 3.8) is 0 Å². The maximum Gasteiger partial charge on any atom is 0.305 e. The van der Waals surface area contributed by atoms with Gasteiger partial charge < -0.3 is 4.74 Å². The Morgan fingerprint density at radius 2 is 2.40 bits per heavy atom. The summed E-state index contributed by atoms with van der Waals surface area (Å²) in [4.78, 5) is 10.8. The molecule has 0 unspecified atom stereocenters. The Morgan fingerprint density at radius 1 is 1.53 bits per heavy atom. The minimum atomic E-state index is -0.119. The first-order chi connectivity index (χ1) is 7.33. The van der Waals surface area contributed by atoms with Crippen LogP contribution in [0.4, 0.5) is 0 Å². The van der Waals surface area contributed by atoms with Gasteiger partial charge in [-0.2, -0.15) is 0 Å². The van der Waals surface area contributed by atoms with Gasteiger partial charge >= 0.3 is 5.97 Å². The Kier molecular flexibility index (Phi) is 5.52. The number of ether oxygens (including phenoxy) is 1. The molecule has 0 atom stereocenters. The standard InChI is InChI=1S/C13H18O2/c1-15-13(14)11-5-3-2-4-8-12-9-6-7-10-12/h2,4,6-7,9H,3,5,8,10-11H2,1H3/b4-2-. The minimum absolute atomic E-state index is 0.119. The van der Waals surface area contributed by atoms with Gasteiger partial charge in [-0.1, -0.05) is 36.0 Å². The molecule has 1 aliphatic carbocycles. The summed E-state index contributed by atoms with van der Waals surface area (Å²) in [6, 6.07) is 0. The molecular formula is C13H18O2. The molecule has 0 bridgehead atoms. The highest BCUT2D eigenvalue weighted by atomic mass is 16.5. The summed E-state index contributed by atoms with van der Waals surface area (Å²) in [5.74, 6) is -0.119. The topological polar surface area (TPSA) is 26.3 Å². The van der Waals surface area contributed by atoms with Crippen molar-refractivity contribution in [2.75, 3.05) is 7.11 Å². The first-order valence-corrected chi connectivity index (χ1v) is 5.39. The summed E-state index contributed by atoms with van der Waals surface area (Å²) in [5, 5.41) is 0. The lowest BCUT2D eigenvalue weighted by atomic mass is 10.1. The lowest BCUT2D eigenvalue weighted by Gasteiger charge is -1.96. The van der Waals surface area contributed by atoms with E-state index in [0.29, 0.717) is 6.42 Å². The van der Waals surface area contributed by atoms with Crippen LogP contribution in [0.5, 0.6) is 0 Å². The molecule has 0 aromatic rings. The molecule has 0 heterocycles. The predicted octanol–water partition coefficient (Wildman–Crippen LogP) is 3.16. The molecule has 0 aromatic heterocycles. The van der Waals surface area contributed by atoms with Gasteiger partial charge in [0.2, 0.25) is 0 Å². The lowest BCUT2D eigenvalue weighted by Crippen LogP contribution is -1.98. The van der Waals surface area contributed by atoms with Crippen molar-refractivity contribution < 1.29 is 9.53 Å². The summed E-state index contributed by atoms with van der Waals surface area (Å²) >= 11 is 0. The number of rotatable bonds is 6. The fraction of sp³-hybridized carbons (Fsp3) is 0.462. The van der Waals surface area contributed by atoms with Gasteiger partial charge in [0, 0.05) is 6.42 Å². The average Bonchev–Trinajstić information content (AvgIpc) is 2.75. The Labute approximate surface area is 91.3 Å². The summed E-state index contributed by atoms with van der Waals surface area (Å²) < 4.78 is 4.56. The van der Waals surface area contributed by atoms with Crippen LogP contribution in [-0.4, -0.2) is 13.1 Å². The molecule has 82 valence electrons. The molecule has 0 fully saturated rings. The zero-order valence-corrected chi connectivity index (χ0v) is 9.24. The minimum Gasteiger partial charge on any atom is -0.469 e. The fourth-order valence-corrected chi connectivity index (χ4v) is 1.46. The molecule has 1 rings (SSSR count). The molecule has 0 saturated carbocycles. The number of hydrogen-bond acceptors (Lipinski definition) is 2. The number of carbonyl (C=O) groups is 1. The number of allylic oxidation sites excluding steroid dienone is 6. The van der Waals surface area contributed by atoms with E-state index in [9.17, 15) is 4.79 Å². The van der Waals surface area contributed by atoms with Crippen molar-refractivity contribution in [1.29, 1.82) is 0 Å². The maximum atomic E-state index is 10.8. The van der Waals surface area contributed by atoms with Gasteiger partial charge in [0.25, 0.3) is 0 Å². The lowest BCUT2D eigenvalue weighted by molar-refractivity contribution is -0.140. The fourth-order valence-electron chi connectivity index (χ4n) is 1.46. The van der Waals surface area contributed by atoms with E-state index < -0.39 is 0 Å². The second-order valence-corrected chi connectivity index (χ2v) is 3.60. The zero-order valence-electron chi connectivity index (χ0n) is 9.24. The van der Waals surface area contributed by atoms with Crippen molar-refractivity contribution in [3.8, 4) is 0 Å². The van der Waals surface area contributed by atoms with E-state index >= 15 is 0 Å². The molecule has 0 N–H and O–H groups in total. The third-order valence-corrected chi connectivity index (χ3v) is 2.37. The van der Waals surface area contributed by atoms with E-state index in [2.05, 4.69) is 35.1 Å². The van der Waals surface area contributed by atoms with Gasteiger partial charge in [-0.15, -0.1) is 0 Å². The van der Waals surface area contributed by atoms with Crippen molar-refractivity contribution in [2.45, 2.75) is 32.1 Å². The van der Waals surface area contributed by atoms with Gasteiger partial charge in [-0.25, -0.2) is 0 Å². The van der Waals surface area contributed by atoms with E-state index in [1.165, 1.54) is 12.7 Å². The Bertz CT molecular complexity index is 285. The highest BCUT2D eigenvalue weighted by molar-refractivity contribution is 5.69. The molecule has 0 aliphatic heterocycles. The molecule has 15 heavy (non-hydrogen) atoms. The van der Waals surface area contributed by atoms with Crippen LogP contribution in [0.25, 0.3) is 0 Å². The van der Waals surface area contributed by atoms with Crippen molar-refractivity contribution in [2.24, 2.45) is 0 Å². The second kappa shape index (κ2) is 7.04. The summed E-state index contributed by atoms with van der Waals surface area (Å²) in [5.41, 5.74) is 1.46. The van der Waals surface area contributed by atoms with Crippen molar-refractivity contribution in [1.82, 2.24) is 0 Å². The van der Waals surface area contributed by atoms with Crippen LogP contribution in [0.1, 0.15) is 32.1 Å². The van der Waals surface area contributed by atoms with Crippen LogP contribution in [0.3, 0.4) is 0 Å². The van der Waals surface area contributed by atoms with Crippen LogP contribution >= 0.6 is 0 Å². The third kappa shape index (κ3) is 5.21. The third-order valence-electron chi connectivity index (χ3n) is 2.37. The van der Waals surface area contributed by atoms with Crippen LogP contribution in [0, 0.1) is 0 Å². The predicted molar refractivity (Wildman–Crippen MR) is 61.5 cm³/mol. The molecule has 1 aliphatic rings. The number of hydrogen-bond donors (Lipinski definition) is 0. The molecule has 0 radical (unpaired) electrons. The van der Waals surface area contributed by atoms with Crippen LogP contribution < -0.4 is 0 Å². The highest BCUT2D eigenvalue weighted by Gasteiger charge is 1.97. The average molecular weight is 206 g/mol. The molecule has 0 aromatic carbocycles. The Hall–Kier alpha value is -1.31. The Morgan fingerprint density at radius 3 is 3.07 bits per heavy atom. The largest absolute Gasteiger partial charge is 0.469 e. The summed E-state index contributed by atoms with van der Waals surface area (Å²) in [7, 11) is 1.43. The number of carbonyl (C=O) groups excluding carboxylic acids is 1. The molecule has 2 nitrogen and oxygen atoms in total. The monoisotopic (exact) mass is 206 g/mol. The van der Waals surface area contributed by atoms with E-state index in [1.807, 2.05) is 0 Å². The highest BCUT2D eigenvalue weighted by Crippen LogP contribution is 2.14. The van der Waals surface area contributed by atoms with E-state index in [1.54, 1.807) is 0 Å². The van der Waals surface area contributed by atoms with Gasteiger partial charge in [-0.3, -0.25) is 4.79 Å². The first-order valence-electron chi connectivity index (χ1n) is 5.39.